The van der Waals surface area contributed by atoms with Crippen molar-refractivity contribution in [1.29, 1.82) is 0 Å². The third-order valence-corrected chi connectivity index (χ3v) is 3.60. The first-order valence-corrected chi connectivity index (χ1v) is 8.12. The Hall–Kier alpha value is -3.35. The summed E-state index contributed by atoms with van der Waals surface area (Å²) in [5, 5.41) is 7.79. The van der Waals surface area contributed by atoms with Crippen LogP contribution in [0.15, 0.2) is 42.5 Å². The minimum Gasteiger partial charge on any atom is -0.351 e. The van der Waals surface area contributed by atoms with E-state index in [0.29, 0.717) is 17.8 Å². The molecule has 7 heteroatoms. The van der Waals surface area contributed by atoms with Gasteiger partial charge in [-0.25, -0.2) is 4.79 Å². The molecule has 4 amide bonds. The van der Waals surface area contributed by atoms with Crippen LogP contribution in [0.3, 0.4) is 0 Å². The summed E-state index contributed by atoms with van der Waals surface area (Å²) in [6, 6.07) is 11.8. The minimum atomic E-state index is -0.634. The zero-order valence-corrected chi connectivity index (χ0v) is 14.8. The van der Waals surface area contributed by atoms with Gasteiger partial charge in [-0.1, -0.05) is 29.3 Å². The summed E-state index contributed by atoms with van der Waals surface area (Å²) >= 11 is 0. The molecule has 5 N–H and O–H groups in total. The number of urea groups is 1. The fraction of sp³-hybridized carbons (Fsp3) is 0.211. The van der Waals surface area contributed by atoms with E-state index in [0.717, 1.165) is 16.7 Å². The summed E-state index contributed by atoms with van der Waals surface area (Å²) in [6.45, 7) is 4.05. The van der Waals surface area contributed by atoms with E-state index in [1.807, 2.05) is 19.9 Å². The molecule has 26 heavy (non-hydrogen) atoms. The van der Waals surface area contributed by atoms with Gasteiger partial charge in [-0.05, 0) is 43.7 Å². The summed E-state index contributed by atoms with van der Waals surface area (Å²) in [6.07, 6.45) is 0. The van der Waals surface area contributed by atoms with Crippen molar-refractivity contribution in [2.45, 2.75) is 20.4 Å². The summed E-state index contributed by atoms with van der Waals surface area (Å²) in [7, 11) is 0. The Labute approximate surface area is 152 Å². The molecule has 0 saturated heterocycles. The topological polar surface area (TPSA) is 113 Å². The number of nitrogens with one attached hydrogen (secondary N) is 3. The van der Waals surface area contributed by atoms with Gasteiger partial charge < -0.3 is 21.7 Å². The molecule has 0 fully saturated rings. The first-order chi connectivity index (χ1) is 12.3. The fourth-order valence-electron chi connectivity index (χ4n) is 2.48. The van der Waals surface area contributed by atoms with Crippen molar-refractivity contribution >= 4 is 23.5 Å². The molecule has 0 atom stereocenters. The molecule has 136 valence electrons. The highest BCUT2D eigenvalue weighted by molar-refractivity contribution is 5.96. The Morgan fingerprint density at radius 2 is 1.54 bits per heavy atom. The van der Waals surface area contributed by atoms with Gasteiger partial charge in [0.2, 0.25) is 5.91 Å². The Morgan fingerprint density at radius 1 is 0.923 bits per heavy atom. The predicted octanol–water partition coefficient (Wildman–Crippen LogP) is 1.84. The monoisotopic (exact) mass is 354 g/mol. The summed E-state index contributed by atoms with van der Waals surface area (Å²) in [5.74, 6) is -0.573. The van der Waals surface area contributed by atoms with Crippen molar-refractivity contribution in [1.82, 2.24) is 10.6 Å². The number of primary amides is 1. The van der Waals surface area contributed by atoms with Crippen molar-refractivity contribution in [2.75, 3.05) is 11.9 Å². The van der Waals surface area contributed by atoms with Crippen molar-refractivity contribution in [2.24, 2.45) is 5.73 Å². The molecule has 0 aliphatic carbocycles. The second-order valence-electron chi connectivity index (χ2n) is 6.02. The Kier molecular flexibility index (Phi) is 6.32. The number of benzene rings is 2. The largest absolute Gasteiger partial charge is 0.351 e. The van der Waals surface area contributed by atoms with Crippen LogP contribution in [0.25, 0.3) is 0 Å². The number of rotatable bonds is 6. The highest BCUT2D eigenvalue weighted by atomic mass is 16.2. The van der Waals surface area contributed by atoms with Gasteiger partial charge in [-0.2, -0.15) is 0 Å². The van der Waals surface area contributed by atoms with Crippen LogP contribution in [0.4, 0.5) is 10.5 Å². The number of nitrogens with two attached hydrogens (primary N) is 1. The van der Waals surface area contributed by atoms with Crippen LogP contribution in [0.1, 0.15) is 27.0 Å². The lowest BCUT2D eigenvalue weighted by Crippen LogP contribution is -2.36. The first kappa shape index (κ1) is 19.0. The van der Waals surface area contributed by atoms with Crippen LogP contribution < -0.4 is 21.7 Å². The number of aryl methyl sites for hydroxylation is 2. The van der Waals surface area contributed by atoms with Crippen LogP contribution in [0, 0.1) is 13.8 Å². The quantitative estimate of drug-likeness (QED) is 0.635. The number of anilines is 1. The maximum atomic E-state index is 12.1. The highest BCUT2D eigenvalue weighted by Crippen LogP contribution is 2.09. The van der Waals surface area contributed by atoms with E-state index in [1.165, 1.54) is 0 Å². The normalized spacial score (nSPS) is 10.1. The Morgan fingerprint density at radius 3 is 2.12 bits per heavy atom. The maximum Gasteiger partial charge on any atom is 0.316 e. The Balaban J connectivity index is 1.79. The van der Waals surface area contributed by atoms with Gasteiger partial charge in [0.05, 0.1) is 6.54 Å². The van der Waals surface area contributed by atoms with Crippen LogP contribution in [-0.4, -0.2) is 24.4 Å². The van der Waals surface area contributed by atoms with Gasteiger partial charge >= 0.3 is 6.03 Å². The molecule has 2 aromatic rings. The summed E-state index contributed by atoms with van der Waals surface area (Å²) < 4.78 is 0. The van der Waals surface area contributed by atoms with E-state index < -0.39 is 6.03 Å². The predicted molar refractivity (Wildman–Crippen MR) is 99.7 cm³/mol. The van der Waals surface area contributed by atoms with Crippen LogP contribution >= 0.6 is 0 Å². The fourth-order valence-corrected chi connectivity index (χ4v) is 2.48. The first-order valence-electron chi connectivity index (χ1n) is 8.12. The molecule has 0 bridgehead atoms. The van der Waals surface area contributed by atoms with E-state index in [-0.39, 0.29) is 18.4 Å². The lowest BCUT2D eigenvalue weighted by molar-refractivity contribution is -0.120. The standard InChI is InChI=1S/C19H22N4O3/c1-12-7-13(2)9-15(8-12)18(25)22-11-17(24)21-10-14-3-5-16(6-4-14)23-19(20)26/h3-9H,10-11H2,1-2H3,(H,21,24)(H,22,25)(H3,20,23,26). The van der Waals surface area contributed by atoms with Gasteiger partial charge in [0.15, 0.2) is 0 Å². The van der Waals surface area contributed by atoms with Crippen molar-refractivity contribution in [3.63, 3.8) is 0 Å². The molecule has 7 nitrogen and oxygen atoms in total. The molecule has 0 radical (unpaired) electrons. The van der Waals surface area contributed by atoms with Gasteiger partial charge in [-0.15, -0.1) is 0 Å². The van der Waals surface area contributed by atoms with Crippen LogP contribution in [0.2, 0.25) is 0 Å². The van der Waals surface area contributed by atoms with Gasteiger partial charge in [-0.3, -0.25) is 9.59 Å². The lowest BCUT2D eigenvalue weighted by Gasteiger charge is -2.09. The van der Waals surface area contributed by atoms with E-state index in [4.69, 9.17) is 5.73 Å². The molecule has 0 aromatic heterocycles. The average molecular weight is 354 g/mol. The third-order valence-electron chi connectivity index (χ3n) is 3.60. The Bertz CT molecular complexity index is 796. The van der Waals surface area contributed by atoms with E-state index >= 15 is 0 Å². The van der Waals surface area contributed by atoms with Crippen LogP contribution in [0.5, 0.6) is 0 Å². The van der Waals surface area contributed by atoms with Gasteiger partial charge in [0, 0.05) is 17.8 Å². The molecule has 0 aliphatic heterocycles. The van der Waals surface area contributed by atoms with E-state index in [1.54, 1.807) is 36.4 Å². The smallest absolute Gasteiger partial charge is 0.316 e. The molecule has 0 saturated carbocycles. The molecule has 0 unspecified atom stereocenters. The minimum absolute atomic E-state index is 0.104. The van der Waals surface area contributed by atoms with Crippen molar-refractivity contribution in [3.05, 3.63) is 64.7 Å². The van der Waals surface area contributed by atoms with Crippen LogP contribution in [-0.2, 0) is 11.3 Å². The molecular weight excluding hydrogens is 332 g/mol. The van der Waals surface area contributed by atoms with Gasteiger partial charge in [0.25, 0.3) is 5.91 Å². The number of carbonyl (C=O) groups excluding carboxylic acids is 3. The zero-order valence-electron chi connectivity index (χ0n) is 14.8. The highest BCUT2D eigenvalue weighted by Gasteiger charge is 2.09. The maximum absolute atomic E-state index is 12.1. The van der Waals surface area contributed by atoms with E-state index in [9.17, 15) is 14.4 Å². The molecule has 0 spiro atoms. The molecule has 2 aromatic carbocycles. The SMILES string of the molecule is Cc1cc(C)cc(C(=O)NCC(=O)NCc2ccc(NC(N)=O)cc2)c1. The van der Waals surface area contributed by atoms with Crippen molar-refractivity contribution in [3.8, 4) is 0 Å². The number of hydrogen-bond donors (Lipinski definition) is 4. The van der Waals surface area contributed by atoms with Crippen molar-refractivity contribution < 1.29 is 14.4 Å². The van der Waals surface area contributed by atoms with E-state index in [2.05, 4.69) is 16.0 Å². The molecule has 0 aliphatic rings. The average Bonchev–Trinajstić information content (AvgIpc) is 2.57. The van der Waals surface area contributed by atoms with Gasteiger partial charge in [0.1, 0.15) is 0 Å². The molecule has 0 heterocycles. The summed E-state index contributed by atoms with van der Waals surface area (Å²) in [4.78, 5) is 34.8. The zero-order chi connectivity index (χ0) is 19.1. The number of hydrogen-bond acceptors (Lipinski definition) is 3. The summed E-state index contributed by atoms with van der Waals surface area (Å²) in [5.41, 5.74) is 8.99. The molecular formula is C19H22N4O3. The second kappa shape index (κ2) is 8.66. The lowest BCUT2D eigenvalue weighted by atomic mass is 10.1. The second-order valence-corrected chi connectivity index (χ2v) is 6.02. The number of carbonyl (C=O) groups is 3. The number of amides is 4. The third kappa shape index (κ3) is 5.94. The molecule has 2 rings (SSSR count).